The molecule has 150 valence electrons. The first-order chi connectivity index (χ1) is 13.8. The molecule has 1 heterocycles. The highest BCUT2D eigenvalue weighted by Crippen LogP contribution is 2.26. The van der Waals surface area contributed by atoms with Gasteiger partial charge in [-0.2, -0.15) is 10.1 Å². The third kappa shape index (κ3) is 6.39. The highest BCUT2D eigenvalue weighted by atomic mass is 35.5. The number of hydrogen-bond acceptors (Lipinski definition) is 6. The van der Waals surface area contributed by atoms with Crippen LogP contribution in [0.5, 0.6) is 5.75 Å². The number of azo groups is 1. The van der Waals surface area contributed by atoms with Crippen LogP contribution in [0.15, 0.2) is 65.0 Å². The maximum atomic E-state index is 13.9. The molecule has 3 aromatic rings. The van der Waals surface area contributed by atoms with E-state index >= 15 is 0 Å². The minimum atomic E-state index is -4.79. The van der Waals surface area contributed by atoms with E-state index in [0.717, 1.165) is 23.9 Å². The summed E-state index contributed by atoms with van der Waals surface area (Å²) in [6.45, 7) is 0.251. The van der Waals surface area contributed by atoms with Crippen LogP contribution in [0.1, 0.15) is 5.56 Å². The number of nitrogens with zero attached hydrogens (tertiary/aromatic N) is 4. The van der Waals surface area contributed by atoms with E-state index in [1.807, 2.05) is 0 Å². The Morgan fingerprint density at radius 3 is 2.38 bits per heavy atom. The Labute approximate surface area is 167 Å². The predicted octanol–water partition coefficient (Wildman–Crippen LogP) is 6.20. The lowest BCUT2D eigenvalue weighted by Crippen LogP contribution is -2.17. The minimum absolute atomic E-state index is 0.0834. The molecule has 0 saturated carbocycles. The molecule has 0 fully saturated rings. The van der Waals surface area contributed by atoms with E-state index in [9.17, 15) is 17.6 Å². The molecule has 1 aromatic heterocycles. The molecule has 0 aliphatic carbocycles. The molecule has 0 spiro atoms. The fraction of sp³-hybridized carbons (Fsp3) is 0.111. The van der Waals surface area contributed by atoms with E-state index in [1.165, 1.54) is 12.1 Å². The topological polar surface area (TPSA) is 71.8 Å². The first-order valence-electron chi connectivity index (χ1n) is 8.06. The van der Waals surface area contributed by atoms with E-state index < -0.39 is 17.9 Å². The molecule has 0 radical (unpaired) electrons. The molecule has 1 N–H and O–H groups in total. The molecule has 0 aliphatic rings. The molecule has 0 saturated heterocycles. The molecular weight excluding hydrogens is 414 g/mol. The molecule has 0 amide bonds. The van der Waals surface area contributed by atoms with Gasteiger partial charge in [-0.15, -0.1) is 18.3 Å². The number of ether oxygens (including phenoxy) is 1. The summed E-state index contributed by atoms with van der Waals surface area (Å²) in [6, 6.07) is 11.7. The van der Waals surface area contributed by atoms with E-state index in [1.54, 1.807) is 24.3 Å². The predicted molar refractivity (Wildman–Crippen MR) is 98.1 cm³/mol. The van der Waals surface area contributed by atoms with Gasteiger partial charge in [-0.25, -0.2) is 9.37 Å². The van der Waals surface area contributed by atoms with Gasteiger partial charge >= 0.3 is 6.36 Å². The lowest BCUT2D eigenvalue weighted by atomic mass is 10.2. The first kappa shape index (κ1) is 20.5. The van der Waals surface area contributed by atoms with Crippen LogP contribution in [0, 0.1) is 5.82 Å². The number of rotatable bonds is 6. The smallest absolute Gasteiger partial charge is 0.406 e. The van der Waals surface area contributed by atoms with Crippen molar-refractivity contribution in [2.45, 2.75) is 12.9 Å². The van der Waals surface area contributed by atoms with E-state index in [4.69, 9.17) is 11.6 Å². The maximum Gasteiger partial charge on any atom is 0.573 e. The molecule has 3 rings (SSSR count). The monoisotopic (exact) mass is 425 g/mol. The molecule has 29 heavy (non-hydrogen) atoms. The van der Waals surface area contributed by atoms with Crippen molar-refractivity contribution in [3.05, 3.63) is 71.1 Å². The second kappa shape index (κ2) is 8.82. The number of nitrogens with one attached hydrogen (secondary N) is 1. The fourth-order valence-electron chi connectivity index (χ4n) is 2.14. The average Bonchev–Trinajstić information content (AvgIpc) is 2.66. The minimum Gasteiger partial charge on any atom is -0.406 e. The SMILES string of the molecule is Fc1cnc(N=NCc2ccc(Cl)cc2)nc1Nc1ccc(OC(F)(F)F)cc1. The summed E-state index contributed by atoms with van der Waals surface area (Å²) < 4.78 is 54.3. The summed E-state index contributed by atoms with van der Waals surface area (Å²) in [6.07, 6.45) is -3.88. The summed E-state index contributed by atoms with van der Waals surface area (Å²) in [5, 5.41) is 11.0. The zero-order valence-corrected chi connectivity index (χ0v) is 15.2. The Morgan fingerprint density at radius 2 is 1.72 bits per heavy atom. The number of anilines is 2. The van der Waals surface area contributed by atoms with E-state index in [-0.39, 0.29) is 18.3 Å². The second-order valence-corrected chi connectivity index (χ2v) is 6.03. The standard InChI is InChI=1S/C18H12ClF4N5O/c19-12-3-1-11(2-4-12)9-25-28-17-24-10-15(20)16(27-17)26-13-5-7-14(8-6-13)29-18(21,22)23/h1-8,10H,9H2,(H,24,26,27). The third-order valence-electron chi connectivity index (χ3n) is 3.41. The van der Waals surface area contributed by atoms with Gasteiger partial charge < -0.3 is 10.1 Å². The second-order valence-electron chi connectivity index (χ2n) is 5.59. The Morgan fingerprint density at radius 1 is 1.03 bits per heavy atom. The number of benzene rings is 2. The van der Waals surface area contributed by atoms with Gasteiger partial charge in [0.15, 0.2) is 11.6 Å². The normalized spacial score (nSPS) is 11.6. The van der Waals surface area contributed by atoms with Crippen LogP contribution in [0.2, 0.25) is 5.02 Å². The molecule has 2 aromatic carbocycles. The zero-order chi connectivity index (χ0) is 20.9. The zero-order valence-electron chi connectivity index (χ0n) is 14.5. The summed E-state index contributed by atoms with van der Waals surface area (Å²) in [7, 11) is 0. The molecule has 0 aliphatic heterocycles. The van der Waals surface area contributed by atoms with Crippen LogP contribution in [0.25, 0.3) is 0 Å². The third-order valence-corrected chi connectivity index (χ3v) is 3.66. The van der Waals surface area contributed by atoms with Crippen LogP contribution < -0.4 is 10.1 Å². The van der Waals surface area contributed by atoms with Crippen LogP contribution >= 0.6 is 11.6 Å². The summed E-state index contributed by atoms with van der Waals surface area (Å²) in [4.78, 5) is 7.63. The van der Waals surface area contributed by atoms with Gasteiger partial charge in [-0.1, -0.05) is 23.7 Å². The van der Waals surface area contributed by atoms with Crippen molar-refractivity contribution in [3.63, 3.8) is 0 Å². The van der Waals surface area contributed by atoms with Crippen molar-refractivity contribution >= 4 is 29.1 Å². The van der Waals surface area contributed by atoms with Gasteiger partial charge in [0.25, 0.3) is 5.95 Å². The van der Waals surface area contributed by atoms with Crippen molar-refractivity contribution in [3.8, 4) is 5.75 Å². The fourth-order valence-corrected chi connectivity index (χ4v) is 2.27. The van der Waals surface area contributed by atoms with Gasteiger partial charge in [0.05, 0.1) is 12.7 Å². The Hall–Kier alpha value is -3.27. The number of halogens is 5. The van der Waals surface area contributed by atoms with Crippen molar-refractivity contribution < 1.29 is 22.3 Å². The molecule has 6 nitrogen and oxygen atoms in total. The van der Waals surface area contributed by atoms with Gasteiger partial charge in [0.1, 0.15) is 5.75 Å². The first-order valence-corrected chi connectivity index (χ1v) is 8.43. The molecular formula is C18H12ClF4N5O. The lowest BCUT2D eigenvalue weighted by Gasteiger charge is -2.10. The highest BCUT2D eigenvalue weighted by Gasteiger charge is 2.30. The number of aromatic nitrogens is 2. The highest BCUT2D eigenvalue weighted by molar-refractivity contribution is 6.30. The summed E-state index contributed by atoms with van der Waals surface area (Å²) in [5.41, 5.74) is 1.15. The largest absolute Gasteiger partial charge is 0.573 e. The average molecular weight is 426 g/mol. The van der Waals surface area contributed by atoms with Gasteiger partial charge in [-0.05, 0) is 42.0 Å². The maximum absolute atomic E-state index is 13.9. The Bertz CT molecular complexity index is 995. The molecule has 0 bridgehead atoms. The molecule has 0 atom stereocenters. The van der Waals surface area contributed by atoms with Gasteiger partial charge in [0.2, 0.25) is 0 Å². The van der Waals surface area contributed by atoms with E-state index in [2.05, 4.69) is 30.3 Å². The number of alkyl halides is 3. The summed E-state index contributed by atoms with van der Waals surface area (Å²) in [5.74, 6) is -1.45. The van der Waals surface area contributed by atoms with Crippen LogP contribution in [-0.4, -0.2) is 16.3 Å². The van der Waals surface area contributed by atoms with Gasteiger partial charge in [-0.3, -0.25) is 0 Å². The quantitative estimate of drug-likeness (QED) is 0.377. The Kier molecular flexibility index (Phi) is 6.23. The summed E-state index contributed by atoms with van der Waals surface area (Å²) >= 11 is 5.80. The Balaban J connectivity index is 1.67. The van der Waals surface area contributed by atoms with Crippen LogP contribution in [0.3, 0.4) is 0 Å². The van der Waals surface area contributed by atoms with Crippen molar-refractivity contribution in [1.29, 1.82) is 0 Å². The number of hydrogen-bond donors (Lipinski definition) is 1. The molecule has 0 unspecified atom stereocenters. The van der Waals surface area contributed by atoms with Crippen LogP contribution in [0.4, 0.5) is 35.0 Å². The van der Waals surface area contributed by atoms with Crippen molar-refractivity contribution in [1.82, 2.24) is 9.97 Å². The molecule has 11 heteroatoms. The van der Waals surface area contributed by atoms with Crippen LogP contribution in [-0.2, 0) is 6.54 Å². The van der Waals surface area contributed by atoms with E-state index in [0.29, 0.717) is 10.7 Å². The van der Waals surface area contributed by atoms with Crippen molar-refractivity contribution in [2.24, 2.45) is 10.2 Å². The van der Waals surface area contributed by atoms with Crippen molar-refractivity contribution in [2.75, 3.05) is 5.32 Å². The van der Waals surface area contributed by atoms with Gasteiger partial charge in [0, 0.05) is 10.7 Å². The lowest BCUT2D eigenvalue weighted by molar-refractivity contribution is -0.274.